The molecule has 0 atom stereocenters. The van der Waals surface area contributed by atoms with Crippen LogP contribution < -0.4 is 5.73 Å². The molecule has 0 rings (SSSR count). The standard InChI is InChI=1S/C14H27NO2S.CH3NOS/c1-13(2,3)10-14(4,5)11(16)8-9-17-12(18)15(6)7;2-1(3)4/h8-10H2,1-7H3;(H3,2,3,4). The van der Waals surface area contributed by atoms with Gasteiger partial charge in [-0.1, -0.05) is 47.2 Å². The molecule has 0 saturated carbocycles. The van der Waals surface area contributed by atoms with Crippen molar-refractivity contribution in [3.63, 3.8) is 0 Å². The van der Waals surface area contributed by atoms with E-state index in [1.807, 2.05) is 27.9 Å². The van der Waals surface area contributed by atoms with Gasteiger partial charge < -0.3 is 15.4 Å². The van der Waals surface area contributed by atoms with Gasteiger partial charge >= 0.3 is 0 Å². The Morgan fingerprint density at radius 3 is 1.91 bits per heavy atom. The fourth-order valence-electron chi connectivity index (χ4n) is 2.12. The highest BCUT2D eigenvalue weighted by Gasteiger charge is 2.31. The molecular weight excluding hydrogens is 320 g/mol. The van der Waals surface area contributed by atoms with Crippen LogP contribution in [0, 0.1) is 10.8 Å². The zero-order valence-electron chi connectivity index (χ0n) is 14.7. The molecule has 0 heterocycles. The van der Waals surface area contributed by atoms with Gasteiger partial charge in [-0.3, -0.25) is 9.59 Å². The number of ether oxygens (including phenoxy) is 1. The Balaban J connectivity index is 0. The molecule has 1 amide bonds. The monoisotopic (exact) mass is 350 g/mol. The summed E-state index contributed by atoms with van der Waals surface area (Å²) in [5, 5.41) is -0.212. The molecule has 0 aromatic carbocycles. The number of carbonyl (C=O) groups is 2. The van der Waals surface area contributed by atoms with Crippen molar-refractivity contribution in [2.24, 2.45) is 16.6 Å². The number of carbonyl (C=O) groups excluding carboxylic acids is 2. The average Bonchev–Trinajstić information content (AvgIpc) is 2.24. The van der Waals surface area contributed by atoms with Crippen molar-refractivity contribution in [1.82, 2.24) is 4.90 Å². The summed E-state index contributed by atoms with van der Waals surface area (Å²) in [5.74, 6) is 0.235. The molecule has 5 nitrogen and oxygen atoms in total. The van der Waals surface area contributed by atoms with Crippen LogP contribution in [0.1, 0.15) is 47.5 Å². The van der Waals surface area contributed by atoms with Gasteiger partial charge in [0, 0.05) is 25.9 Å². The molecule has 130 valence electrons. The quantitative estimate of drug-likeness (QED) is 0.588. The van der Waals surface area contributed by atoms with Crippen molar-refractivity contribution >= 4 is 41.0 Å². The van der Waals surface area contributed by atoms with E-state index in [4.69, 9.17) is 21.7 Å². The van der Waals surface area contributed by atoms with E-state index in [2.05, 4.69) is 39.1 Å². The molecule has 0 unspecified atom stereocenters. The van der Waals surface area contributed by atoms with Gasteiger partial charge in [-0.05, 0) is 24.1 Å². The number of hydrogen-bond donors (Lipinski definition) is 2. The van der Waals surface area contributed by atoms with E-state index < -0.39 is 5.24 Å². The first-order chi connectivity index (χ1) is 9.69. The number of nitrogens with zero attached hydrogens (tertiary/aromatic N) is 1. The van der Waals surface area contributed by atoms with Crippen LogP contribution in [0.2, 0.25) is 0 Å². The zero-order valence-corrected chi connectivity index (χ0v) is 16.4. The number of primary amides is 1. The van der Waals surface area contributed by atoms with Crippen LogP contribution in [-0.4, -0.2) is 41.8 Å². The summed E-state index contributed by atoms with van der Waals surface area (Å²) in [6.07, 6.45) is 1.29. The highest BCUT2D eigenvalue weighted by atomic mass is 32.1. The number of thiol groups is 1. The van der Waals surface area contributed by atoms with Gasteiger partial charge in [-0.25, -0.2) is 0 Å². The smallest absolute Gasteiger partial charge is 0.273 e. The van der Waals surface area contributed by atoms with Crippen molar-refractivity contribution < 1.29 is 14.3 Å². The zero-order chi connectivity index (χ0) is 18.1. The predicted octanol–water partition coefficient (Wildman–Crippen LogP) is 3.27. The first-order valence-corrected chi connectivity index (χ1v) is 7.90. The van der Waals surface area contributed by atoms with Crippen molar-refractivity contribution in [1.29, 1.82) is 0 Å². The Hall–Kier alpha value is -0.820. The number of ketones is 1. The highest BCUT2D eigenvalue weighted by Crippen LogP contribution is 2.34. The minimum absolute atomic E-state index is 0.152. The maximum atomic E-state index is 12.2. The largest absolute Gasteiger partial charge is 0.470 e. The molecule has 0 aliphatic carbocycles. The topological polar surface area (TPSA) is 72.6 Å². The molecule has 0 aliphatic rings. The van der Waals surface area contributed by atoms with Crippen LogP contribution in [0.25, 0.3) is 0 Å². The van der Waals surface area contributed by atoms with E-state index in [9.17, 15) is 4.79 Å². The molecule has 0 radical (unpaired) electrons. The van der Waals surface area contributed by atoms with E-state index in [-0.39, 0.29) is 16.6 Å². The Bertz CT molecular complexity index is 385. The number of Topliss-reactive ketones (excluding diaryl/α,β-unsaturated/α-hetero) is 1. The second-order valence-electron chi connectivity index (χ2n) is 7.14. The molecule has 0 aromatic rings. The lowest BCUT2D eigenvalue weighted by atomic mass is 9.73. The van der Waals surface area contributed by atoms with Crippen LogP contribution in [0.3, 0.4) is 0 Å². The van der Waals surface area contributed by atoms with E-state index in [1.54, 1.807) is 4.90 Å². The van der Waals surface area contributed by atoms with Crippen LogP contribution in [0.5, 0.6) is 0 Å². The second kappa shape index (κ2) is 10.0. The fourth-order valence-corrected chi connectivity index (χ4v) is 2.21. The predicted molar refractivity (Wildman–Crippen MR) is 98.3 cm³/mol. The average molecular weight is 351 g/mol. The van der Waals surface area contributed by atoms with Crippen LogP contribution in [0.4, 0.5) is 4.79 Å². The summed E-state index contributed by atoms with van der Waals surface area (Å²) in [7, 11) is 3.65. The van der Waals surface area contributed by atoms with Gasteiger partial charge in [0.1, 0.15) is 5.78 Å². The molecule has 0 bridgehead atoms. The molecule has 0 spiro atoms. The number of nitrogens with two attached hydrogens (primary N) is 1. The first kappa shape index (κ1) is 23.4. The minimum Gasteiger partial charge on any atom is -0.470 e. The third-order valence-electron chi connectivity index (χ3n) is 2.65. The van der Waals surface area contributed by atoms with E-state index in [0.717, 1.165) is 6.42 Å². The molecule has 7 heteroatoms. The van der Waals surface area contributed by atoms with Gasteiger partial charge in [0.15, 0.2) is 0 Å². The third kappa shape index (κ3) is 14.1. The van der Waals surface area contributed by atoms with E-state index in [1.165, 1.54) is 0 Å². The molecule has 0 fully saturated rings. The maximum Gasteiger partial charge on any atom is 0.273 e. The SMILES string of the molecule is CN(C)C(=S)OCCC(=O)C(C)(C)CC(C)(C)C.NC(=O)S. The van der Waals surface area contributed by atoms with Crippen LogP contribution in [0.15, 0.2) is 0 Å². The van der Waals surface area contributed by atoms with Crippen molar-refractivity contribution in [3.05, 3.63) is 0 Å². The minimum atomic E-state index is -0.639. The normalized spacial score (nSPS) is 11.1. The van der Waals surface area contributed by atoms with E-state index in [0.29, 0.717) is 18.2 Å². The first-order valence-electron chi connectivity index (χ1n) is 7.05. The molecule has 22 heavy (non-hydrogen) atoms. The summed E-state index contributed by atoms with van der Waals surface area (Å²) >= 11 is 8.11. The summed E-state index contributed by atoms with van der Waals surface area (Å²) in [4.78, 5) is 23.0. The fraction of sp³-hybridized carbons (Fsp3) is 0.800. The van der Waals surface area contributed by atoms with Crippen LogP contribution in [-0.2, 0) is 9.53 Å². The Morgan fingerprint density at radius 1 is 1.18 bits per heavy atom. The second-order valence-corrected chi connectivity index (χ2v) is 7.93. The highest BCUT2D eigenvalue weighted by molar-refractivity contribution is 7.96. The Kier molecular flexibility index (Phi) is 10.7. The lowest BCUT2D eigenvalue weighted by Crippen LogP contribution is -2.31. The molecule has 0 aliphatic heterocycles. The third-order valence-corrected chi connectivity index (χ3v) is 3.13. The van der Waals surface area contributed by atoms with Crippen molar-refractivity contribution in [2.75, 3.05) is 20.7 Å². The Morgan fingerprint density at radius 2 is 1.59 bits per heavy atom. The maximum absolute atomic E-state index is 12.2. The summed E-state index contributed by atoms with van der Waals surface area (Å²) < 4.78 is 5.34. The summed E-state index contributed by atoms with van der Waals surface area (Å²) in [6.45, 7) is 10.8. The van der Waals surface area contributed by atoms with Gasteiger partial charge in [0.2, 0.25) is 0 Å². The van der Waals surface area contributed by atoms with Gasteiger partial charge in [0.05, 0.1) is 6.61 Å². The van der Waals surface area contributed by atoms with E-state index >= 15 is 0 Å². The molecular formula is C15H30N2O3S2. The molecule has 2 N–H and O–H groups in total. The van der Waals surface area contributed by atoms with Gasteiger partial charge in [-0.15, -0.1) is 0 Å². The number of amides is 1. The molecule has 0 aromatic heterocycles. The number of rotatable bonds is 5. The summed E-state index contributed by atoms with van der Waals surface area (Å²) in [6, 6.07) is 0. The number of thiocarbonyl (C=S) groups is 1. The number of hydrogen-bond acceptors (Lipinski definition) is 4. The lowest BCUT2D eigenvalue weighted by Gasteiger charge is -2.31. The van der Waals surface area contributed by atoms with Gasteiger partial charge in [0.25, 0.3) is 10.4 Å². The molecule has 0 saturated heterocycles. The van der Waals surface area contributed by atoms with Crippen molar-refractivity contribution in [3.8, 4) is 0 Å². The van der Waals surface area contributed by atoms with Crippen LogP contribution >= 0.6 is 24.8 Å². The Labute approximate surface area is 145 Å². The van der Waals surface area contributed by atoms with Gasteiger partial charge in [-0.2, -0.15) is 0 Å². The van der Waals surface area contributed by atoms with Crippen molar-refractivity contribution in [2.45, 2.75) is 47.5 Å². The summed E-state index contributed by atoms with van der Waals surface area (Å²) in [5.41, 5.74) is 4.18. The lowest BCUT2D eigenvalue weighted by molar-refractivity contribution is -0.129.